The van der Waals surface area contributed by atoms with Crippen LogP contribution < -0.4 is 0 Å². The maximum atomic E-state index is 9.41. The van der Waals surface area contributed by atoms with E-state index in [2.05, 4.69) is 118 Å². The fourth-order valence-corrected chi connectivity index (χ4v) is 6.46. The molecule has 0 aliphatic carbocycles. The Balaban J connectivity index is 1.52. The molecular formula is C40H24N4. The first-order valence-corrected chi connectivity index (χ1v) is 14.5. The van der Waals surface area contributed by atoms with Gasteiger partial charge in [-0.25, -0.2) is 0 Å². The molecule has 2 aromatic heterocycles. The zero-order valence-corrected chi connectivity index (χ0v) is 23.6. The van der Waals surface area contributed by atoms with E-state index in [1.807, 2.05) is 48.5 Å². The lowest BCUT2D eigenvalue weighted by Crippen LogP contribution is -2.04. The normalized spacial score (nSPS) is 11.1. The first-order chi connectivity index (χ1) is 21.8. The standard InChI is InChI=1S/C40H24N4/c41-25-27-17-21-29(22-18-27)31-9-1-5-13-35(31)43-37-15-7-3-11-33(37)39-34-12-4-8-16-38(34)44(40(39)43)36-14-6-2-10-32(36)30-23-19-28(26-42)20-24-30/h1-24H. The van der Waals surface area contributed by atoms with E-state index in [4.69, 9.17) is 0 Å². The molecule has 0 N–H and O–H groups in total. The van der Waals surface area contributed by atoms with Crippen LogP contribution in [-0.2, 0) is 0 Å². The number of nitrogens with zero attached hydrogens (tertiary/aromatic N) is 4. The lowest BCUT2D eigenvalue weighted by molar-refractivity contribution is 1.07. The van der Waals surface area contributed by atoms with Gasteiger partial charge < -0.3 is 0 Å². The van der Waals surface area contributed by atoms with Crippen LogP contribution in [-0.4, -0.2) is 9.13 Å². The smallest absolute Gasteiger partial charge is 0.131 e. The molecule has 0 saturated carbocycles. The Hall–Kier alpha value is -6.36. The number of nitriles is 2. The molecule has 2 heterocycles. The van der Waals surface area contributed by atoms with Crippen molar-refractivity contribution < 1.29 is 0 Å². The Kier molecular flexibility index (Phi) is 5.86. The highest BCUT2D eigenvalue weighted by Gasteiger charge is 2.24. The maximum absolute atomic E-state index is 9.41. The Morgan fingerprint density at radius 2 is 0.795 bits per heavy atom. The average molecular weight is 561 g/mol. The Morgan fingerprint density at radius 1 is 0.409 bits per heavy atom. The van der Waals surface area contributed by atoms with Crippen LogP contribution in [0.5, 0.6) is 0 Å². The molecule has 0 bridgehead atoms. The summed E-state index contributed by atoms with van der Waals surface area (Å²) in [5, 5.41) is 22.4. The van der Waals surface area contributed by atoms with Gasteiger partial charge in [0.2, 0.25) is 0 Å². The fraction of sp³-hybridized carbons (Fsp3) is 0. The minimum atomic E-state index is 0.638. The zero-order chi connectivity index (χ0) is 29.6. The van der Waals surface area contributed by atoms with Crippen LogP contribution >= 0.6 is 0 Å². The number of benzene rings is 6. The van der Waals surface area contributed by atoms with E-state index in [-0.39, 0.29) is 0 Å². The van der Waals surface area contributed by atoms with E-state index < -0.39 is 0 Å². The molecule has 0 aliphatic heterocycles. The van der Waals surface area contributed by atoms with Gasteiger partial charge in [-0.05, 0) is 59.7 Å². The van der Waals surface area contributed by atoms with Crippen LogP contribution in [0.15, 0.2) is 146 Å². The molecule has 0 aliphatic rings. The Morgan fingerprint density at radius 3 is 1.23 bits per heavy atom. The third-order valence-electron chi connectivity index (χ3n) is 8.42. The third-order valence-corrected chi connectivity index (χ3v) is 8.42. The van der Waals surface area contributed by atoms with Crippen molar-refractivity contribution >= 4 is 32.8 Å². The van der Waals surface area contributed by atoms with E-state index >= 15 is 0 Å². The molecule has 0 radical (unpaired) electrons. The number of hydrogen-bond acceptors (Lipinski definition) is 2. The van der Waals surface area contributed by atoms with Crippen LogP contribution in [0.3, 0.4) is 0 Å². The van der Waals surface area contributed by atoms with Gasteiger partial charge in [-0.2, -0.15) is 10.5 Å². The lowest BCUT2D eigenvalue weighted by Gasteiger charge is -2.18. The van der Waals surface area contributed by atoms with E-state index in [0.717, 1.165) is 50.3 Å². The summed E-state index contributed by atoms with van der Waals surface area (Å²) < 4.78 is 4.77. The largest absolute Gasteiger partial charge is 0.294 e. The molecule has 0 fully saturated rings. The number of aromatic nitrogens is 2. The van der Waals surface area contributed by atoms with Gasteiger partial charge in [0.15, 0.2) is 0 Å². The van der Waals surface area contributed by atoms with Gasteiger partial charge in [-0.15, -0.1) is 0 Å². The van der Waals surface area contributed by atoms with Crippen LogP contribution in [0, 0.1) is 22.7 Å². The van der Waals surface area contributed by atoms with Gasteiger partial charge in [0.05, 0.1) is 45.7 Å². The van der Waals surface area contributed by atoms with Gasteiger partial charge in [0.1, 0.15) is 5.65 Å². The van der Waals surface area contributed by atoms with Gasteiger partial charge in [0, 0.05) is 27.3 Å². The highest BCUT2D eigenvalue weighted by atomic mass is 15.1. The molecule has 6 aromatic carbocycles. The summed E-state index contributed by atoms with van der Waals surface area (Å²) in [5.74, 6) is 0. The summed E-state index contributed by atoms with van der Waals surface area (Å²) in [7, 11) is 0. The molecule has 44 heavy (non-hydrogen) atoms. The molecule has 8 rings (SSSR count). The molecule has 0 unspecified atom stereocenters. The summed E-state index contributed by atoms with van der Waals surface area (Å²) >= 11 is 0. The molecule has 0 amide bonds. The second-order valence-corrected chi connectivity index (χ2v) is 10.8. The molecule has 4 heteroatoms. The quantitative estimate of drug-likeness (QED) is 0.215. The van der Waals surface area contributed by atoms with Crippen LogP contribution in [0.2, 0.25) is 0 Å². The Labute approximate surface area is 254 Å². The summed E-state index contributed by atoms with van der Waals surface area (Å²) in [6.45, 7) is 0. The zero-order valence-electron chi connectivity index (χ0n) is 23.6. The summed E-state index contributed by atoms with van der Waals surface area (Å²) in [4.78, 5) is 0. The van der Waals surface area contributed by atoms with Gasteiger partial charge in [-0.3, -0.25) is 9.13 Å². The van der Waals surface area contributed by atoms with Crippen LogP contribution in [0.1, 0.15) is 11.1 Å². The van der Waals surface area contributed by atoms with E-state index in [0.29, 0.717) is 11.1 Å². The molecule has 0 saturated heterocycles. The van der Waals surface area contributed by atoms with Crippen molar-refractivity contribution in [3.05, 3.63) is 157 Å². The van der Waals surface area contributed by atoms with Crippen molar-refractivity contribution in [1.29, 1.82) is 10.5 Å². The van der Waals surface area contributed by atoms with Crippen molar-refractivity contribution in [2.45, 2.75) is 0 Å². The minimum absolute atomic E-state index is 0.638. The number of hydrogen-bond donors (Lipinski definition) is 0. The highest BCUT2D eigenvalue weighted by Crippen LogP contribution is 2.43. The van der Waals surface area contributed by atoms with Gasteiger partial charge in [-0.1, -0.05) is 97.1 Å². The number of rotatable bonds is 4. The molecule has 8 aromatic rings. The van der Waals surface area contributed by atoms with Gasteiger partial charge in [0.25, 0.3) is 0 Å². The maximum Gasteiger partial charge on any atom is 0.131 e. The summed E-state index contributed by atoms with van der Waals surface area (Å²) in [6, 6.07) is 54.2. The molecule has 0 spiro atoms. The predicted octanol–water partition coefficient (Wildman–Crippen LogP) is 9.80. The monoisotopic (exact) mass is 560 g/mol. The van der Waals surface area contributed by atoms with Crippen molar-refractivity contribution in [3.8, 4) is 45.8 Å². The molecule has 4 nitrogen and oxygen atoms in total. The number of para-hydroxylation sites is 4. The molecule has 0 atom stereocenters. The summed E-state index contributed by atoms with van der Waals surface area (Å²) in [5.41, 5.74) is 11.0. The van der Waals surface area contributed by atoms with Gasteiger partial charge >= 0.3 is 0 Å². The SMILES string of the molecule is N#Cc1ccc(-c2ccccc2-n2c3ccccc3c3c4ccccc4n(-c4ccccc4-c4ccc(C#N)cc4)c32)cc1. The van der Waals surface area contributed by atoms with Crippen LogP contribution in [0.4, 0.5) is 0 Å². The topological polar surface area (TPSA) is 57.4 Å². The van der Waals surface area contributed by atoms with Crippen molar-refractivity contribution in [1.82, 2.24) is 9.13 Å². The average Bonchev–Trinajstić information content (AvgIpc) is 3.61. The lowest BCUT2D eigenvalue weighted by atomic mass is 10.0. The van der Waals surface area contributed by atoms with E-state index in [9.17, 15) is 10.5 Å². The Bertz CT molecular complexity index is 2270. The van der Waals surface area contributed by atoms with Crippen molar-refractivity contribution in [3.63, 3.8) is 0 Å². The first kappa shape index (κ1) is 25.4. The van der Waals surface area contributed by atoms with Crippen LogP contribution in [0.25, 0.3) is 66.5 Å². The third kappa shape index (κ3) is 3.83. The van der Waals surface area contributed by atoms with E-state index in [1.165, 1.54) is 16.2 Å². The first-order valence-electron chi connectivity index (χ1n) is 14.5. The minimum Gasteiger partial charge on any atom is -0.294 e. The molecule has 204 valence electrons. The molecular weight excluding hydrogens is 536 g/mol. The van der Waals surface area contributed by atoms with Crippen molar-refractivity contribution in [2.75, 3.05) is 0 Å². The second-order valence-electron chi connectivity index (χ2n) is 10.8. The second kappa shape index (κ2) is 10.2. The van der Waals surface area contributed by atoms with E-state index in [1.54, 1.807) is 0 Å². The summed E-state index contributed by atoms with van der Waals surface area (Å²) in [6.07, 6.45) is 0. The van der Waals surface area contributed by atoms with Crippen molar-refractivity contribution in [2.24, 2.45) is 0 Å². The highest BCUT2D eigenvalue weighted by molar-refractivity contribution is 6.22. The fourth-order valence-electron chi connectivity index (χ4n) is 6.46. The predicted molar refractivity (Wildman–Crippen MR) is 178 cm³/mol. The number of fused-ring (bicyclic) bond motifs is 5.